The third-order valence-corrected chi connectivity index (χ3v) is 6.91. The fourth-order valence-electron chi connectivity index (χ4n) is 4.18. The highest BCUT2D eigenvalue weighted by molar-refractivity contribution is 8.05. The second-order valence-corrected chi connectivity index (χ2v) is 9.06. The van der Waals surface area contributed by atoms with Gasteiger partial charge in [-0.25, -0.2) is 0 Å². The molecule has 28 heavy (non-hydrogen) atoms. The van der Waals surface area contributed by atoms with E-state index in [9.17, 15) is 4.79 Å². The molecule has 2 fully saturated rings. The van der Waals surface area contributed by atoms with Gasteiger partial charge < -0.3 is 10.2 Å². The van der Waals surface area contributed by atoms with E-state index < -0.39 is 0 Å². The lowest BCUT2D eigenvalue weighted by atomic mass is 9.85. The molecule has 1 saturated carbocycles. The van der Waals surface area contributed by atoms with Gasteiger partial charge >= 0.3 is 0 Å². The van der Waals surface area contributed by atoms with Crippen LogP contribution in [-0.2, 0) is 4.79 Å². The lowest BCUT2D eigenvalue weighted by Crippen LogP contribution is -2.48. The highest BCUT2D eigenvalue weighted by atomic mass is 32.2. The number of amides is 1. The van der Waals surface area contributed by atoms with Crippen molar-refractivity contribution in [3.05, 3.63) is 70.6 Å². The van der Waals surface area contributed by atoms with E-state index in [-0.39, 0.29) is 11.4 Å². The van der Waals surface area contributed by atoms with Crippen molar-refractivity contribution in [3.63, 3.8) is 0 Å². The first-order valence-electron chi connectivity index (χ1n) is 10.2. The van der Waals surface area contributed by atoms with Gasteiger partial charge in [0.15, 0.2) is 5.50 Å². The maximum Gasteiger partial charge on any atom is 0.262 e. The number of nitrogens with one attached hydrogen (secondary N) is 1. The Morgan fingerprint density at radius 2 is 1.75 bits per heavy atom. The molecular weight excluding hydrogens is 364 g/mol. The number of benzene rings is 2. The standard InChI is InChI=1S/C24H28N2OS/c1-17-12-14-19(15-13-17)16-22-23(27)26(21-11-7-6-8-18(21)2)24(28-22)25-20-9-4-3-5-10-20/h3-5,9-10,12-16,18,21,24-25H,6-8,11H2,1-2H3/b22-16-/t18-,21+,24?/m1/s1. The molecule has 0 radical (unpaired) electrons. The zero-order valence-electron chi connectivity index (χ0n) is 16.6. The molecule has 2 aromatic carbocycles. The molecule has 3 nitrogen and oxygen atoms in total. The molecule has 0 aromatic heterocycles. The second-order valence-electron chi connectivity index (χ2n) is 7.94. The molecule has 146 valence electrons. The van der Waals surface area contributed by atoms with Crippen LogP contribution >= 0.6 is 11.8 Å². The summed E-state index contributed by atoms with van der Waals surface area (Å²) in [5, 5.41) is 3.59. The number of hydrogen-bond acceptors (Lipinski definition) is 3. The Labute approximate surface area is 172 Å². The number of aryl methyl sites for hydroxylation is 1. The predicted octanol–water partition coefficient (Wildman–Crippen LogP) is 5.89. The van der Waals surface area contributed by atoms with E-state index in [0.717, 1.165) is 22.6 Å². The van der Waals surface area contributed by atoms with Crippen LogP contribution in [0.2, 0.25) is 0 Å². The van der Waals surface area contributed by atoms with Gasteiger partial charge in [-0.05, 0) is 49.5 Å². The average molecular weight is 393 g/mol. The second kappa shape index (κ2) is 8.44. The van der Waals surface area contributed by atoms with Crippen LogP contribution in [0, 0.1) is 12.8 Å². The topological polar surface area (TPSA) is 32.3 Å². The Morgan fingerprint density at radius 3 is 2.46 bits per heavy atom. The fourth-order valence-corrected chi connectivity index (χ4v) is 5.39. The summed E-state index contributed by atoms with van der Waals surface area (Å²) in [6.07, 6.45) is 6.82. The fraction of sp³-hybridized carbons (Fsp3) is 0.375. The van der Waals surface area contributed by atoms with Crippen molar-refractivity contribution in [2.45, 2.75) is 51.1 Å². The first-order valence-corrected chi connectivity index (χ1v) is 11.1. The summed E-state index contributed by atoms with van der Waals surface area (Å²) >= 11 is 1.64. The first-order chi connectivity index (χ1) is 13.6. The van der Waals surface area contributed by atoms with Crippen LogP contribution < -0.4 is 5.32 Å². The van der Waals surface area contributed by atoms with Crippen LogP contribution in [-0.4, -0.2) is 22.3 Å². The number of carbonyl (C=O) groups is 1. The Kier molecular flexibility index (Phi) is 5.77. The molecular formula is C24H28N2OS. The van der Waals surface area contributed by atoms with Crippen LogP contribution in [0.3, 0.4) is 0 Å². The van der Waals surface area contributed by atoms with Gasteiger partial charge in [-0.3, -0.25) is 4.79 Å². The summed E-state index contributed by atoms with van der Waals surface area (Å²) in [6, 6.07) is 18.9. The van der Waals surface area contributed by atoms with Gasteiger partial charge in [0.1, 0.15) is 0 Å². The minimum atomic E-state index is -0.0582. The minimum absolute atomic E-state index is 0.0582. The smallest absolute Gasteiger partial charge is 0.262 e. The van der Waals surface area contributed by atoms with Gasteiger partial charge in [0, 0.05) is 11.7 Å². The van der Waals surface area contributed by atoms with E-state index in [1.165, 1.54) is 24.8 Å². The van der Waals surface area contributed by atoms with Crippen molar-refractivity contribution in [3.8, 4) is 0 Å². The molecule has 3 atom stereocenters. The molecule has 1 heterocycles. The van der Waals surface area contributed by atoms with E-state index in [2.05, 4.69) is 60.5 Å². The summed E-state index contributed by atoms with van der Waals surface area (Å²) < 4.78 is 0. The average Bonchev–Trinajstić information content (AvgIpc) is 3.00. The van der Waals surface area contributed by atoms with Gasteiger partial charge in [0.2, 0.25) is 0 Å². The number of para-hydroxylation sites is 1. The molecule has 1 saturated heterocycles. The third kappa shape index (κ3) is 4.12. The summed E-state index contributed by atoms with van der Waals surface area (Å²) in [5.74, 6) is 0.704. The van der Waals surface area contributed by atoms with Crippen molar-refractivity contribution in [1.29, 1.82) is 0 Å². The number of carbonyl (C=O) groups excluding carboxylic acids is 1. The number of rotatable bonds is 4. The van der Waals surface area contributed by atoms with Crippen LogP contribution in [0.25, 0.3) is 6.08 Å². The highest BCUT2D eigenvalue weighted by Gasteiger charge is 2.42. The van der Waals surface area contributed by atoms with E-state index in [1.54, 1.807) is 11.8 Å². The maximum atomic E-state index is 13.4. The lowest BCUT2D eigenvalue weighted by molar-refractivity contribution is -0.129. The zero-order valence-corrected chi connectivity index (χ0v) is 17.4. The Balaban J connectivity index is 1.63. The number of hydrogen-bond donors (Lipinski definition) is 1. The van der Waals surface area contributed by atoms with Gasteiger partial charge in [0.25, 0.3) is 5.91 Å². The van der Waals surface area contributed by atoms with Crippen LogP contribution in [0.5, 0.6) is 0 Å². The molecule has 0 bridgehead atoms. The van der Waals surface area contributed by atoms with Gasteiger partial charge in [-0.1, -0.05) is 79.6 Å². The van der Waals surface area contributed by atoms with Crippen molar-refractivity contribution in [1.82, 2.24) is 4.90 Å². The summed E-state index contributed by atoms with van der Waals surface area (Å²) in [7, 11) is 0. The summed E-state index contributed by atoms with van der Waals surface area (Å²) in [4.78, 5) is 16.4. The van der Waals surface area contributed by atoms with Gasteiger partial charge in [0.05, 0.1) is 4.91 Å². The molecule has 1 aliphatic carbocycles. The number of thioether (sulfide) groups is 1. The SMILES string of the molecule is Cc1ccc(/C=C2\SC(Nc3ccccc3)N([C@H]3CCCC[C@H]3C)C2=O)cc1. The molecule has 1 N–H and O–H groups in total. The molecule has 0 spiro atoms. The van der Waals surface area contributed by atoms with Crippen molar-refractivity contribution >= 4 is 29.4 Å². The van der Waals surface area contributed by atoms with Crippen LogP contribution in [0.1, 0.15) is 43.7 Å². The summed E-state index contributed by atoms with van der Waals surface area (Å²) in [6.45, 7) is 4.38. The largest absolute Gasteiger partial charge is 0.356 e. The minimum Gasteiger partial charge on any atom is -0.356 e. The van der Waals surface area contributed by atoms with Crippen molar-refractivity contribution in [2.24, 2.45) is 5.92 Å². The van der Waals surface area contributed by atoms with Crippen LogP contribution in [0.4, 0.5) is 5.69 Å². The van der Waals surface area contributed by atoms with E-state index >= 15 is 0 Å². The molecule has 1 amide bonds. The normalized spacial score (nSPS) is 26.6. The zero-order chi connectivity index (χ0) is 19.5. The first kappa shape index (κ1) is 19.1. The number of anilines is 1. The highest BCUT2D eigenvalue weighted by Crippen LogP contribution is 2.42. The van der Waals surface area contributed by atoms with Crippen LogP contribution in [0.15, 0.2) is 59.5 Å². The number of nitrogens with zero attached hydrogens (tertiary/aromatic N) is 1. The van der Waals surface area contributed by atoms with E-state index in [0.29, 0.717) is 12.0 Å². The van der Waals surface area contributed by atoms with E-state index in [1.807, 2.05) is 24.3 Å². The molecule has 4 rings (SSSR count). The Morgan fingerprint density at radius 1 is 1.04 bits per heavy atom. The summed E-state index contributed by atoms with van der Waals surface area (Å²) in [5.41, 5.74) is 3.31. The quantitative estimate of drug-likeness (QED) is 0.659. The Bertz CT molecular complexity index is 847. The predicted molar refractivity (Wildman–Crippen MR) is 119 cm³/mol. The lowest BCUT2D eigenvalue weighted by Gasteiger charge is -2.39. The molecule has 1 aliphatic heterocycles. The van der Waals surface area contributed by atoms with Gasteiger partial charge in [-0.15, -0.1) is 0 Å². The molecule has 2 aliphatic rings. The maximum absolute atomic E-state index is 13.4. The molecule has 4 heteroatoms. The van der Waals surface area contributed by atoms with Crippen molar-refractivity contribution in [2.75, 3.05) is 5.32 Å². The molecule has 2 aromatic rings. The van der Waals surface area contributed by atoms with Gasteiger partial charge in [-0.2, -0.15) is 0 Å². The van der Waals surface area contributed by atoms with Crippen molar-refractivity contribution < 1.29 is 4.79 Å². The third-order valence-electron chi connectivity index (χ3n) is 5.80. The monoisotopic (exact) mass is 392 g/mol. The Hall–Kier alpha value is -2.20. The van der Waals surface area contributed by atoms with E-state index in [4.69, 9.17) is 0 Å². The molecule has 1 unspecified atom stereocenters.